The fourth-order valence-corrected chi connectivity index (χ4v) is 2.73. The summed E-state index contributed by atoms with van der Waals surface area (Å²) in [5.41, 5.74) is 1.25. The molecule has 88 valence electrons. The second kappa shape index (κ2) is 5.77. The van der Waals surface area contributed by atoms with Gasteiger partial charge in [-0.3, -0.25) is 0 Å². The van der Waals surface area contributed by atoms with Crippen molar-refractivity contribution in [3.8, 4) is 0 Å². The van der Waals surface area contributed by atoms with E-state index in [-0.39, 0.29) is 0 Å². The molecule has 0 aliphatic carbocycles. The lowest BCUT2D eigenvalue weighted by Gasteiger charge is -2.19. The molecule has 1 heterocycles. The monoisotopic (exact) mass is 403 g/mol. The Kier molecular flexibility index (Phi) is 4.33. The van der Waals surface area contributed by atoms with Crippen LogP contribution >= 0.6 is 38.5 Å². The van der Waals surface area contributed by atoms with Crippen molar-refractivity contribution >= 4 is 44.3 Å². The maximum absolute atomic E-state index is 4.29. The van der Waals surface area contributed by atoms with Crippen molar-refractivity contribution in [1.29, 1.82) is 0 Å². The van der Waals surface area contributed by atoms with E-state index in [1.54, 1.807) is 6.33 Å². The van der Waals surface area contributed by atoms with E-state index in [4.69, 9.17) is 0 Å². The van der Waals surface area contributed by atoms with Crippen LogP contribution in [-0.4, -0.2) is 17.0 Å². The van der Waals surface area contributed by atoms with Crippen LogP contribution in [0, 0.1) is 3.57 Å². The number of benzene rings is 1. The largest absolute Gasteiger partial charge is 0.354 e. The van der Waals surface area contributed by atoms with Gasteiger partial charge in [0.05, 0.1) is 3.57 Å². The van der Waals surface area contributed by atoms with Crippen molar-refractivity contribution in [2.75, 3.05) is 11.9 Å². The van der Waals surface area contributed by atoms with Crippen molar-refractivity contribution < 1.29 is 0 Å². The number of halogens is 2. The van der Waals surface area contributed by atoms with Crippen LogP contribution in [0.1, 0.15) is 5.56 Å². The number of hydrogen-bond acceptors (Lipinski definition) is 3. The first-order valence-corrected chi connectivity index (χ1v) is 6.95. The summed E-state index contributed by atoms with van der Waals surface area (Å²) in [7, 11) is 2.03. The third-order valence-electron chi connectivity index (χ3n) is 2.32. The lowest BCUT2D eigenvalue weighted by atomic mass is 10.2. The number of hydrogen-bond donors (Lipinski definition) is 0. The Labute approximate surface area is 123 Å². The van der Waals surface area contributed by atoms with Crippen LogP contribution in [0.3, 0.4) is 0 Å². The van der Waals surface area contributed by atoms with E-state index in [9.17, 15) is 0 Å². The van der Waals surface area contributed by atoms with E-state index in [1.165, 1.54) is 5.56 Å². The molecule has 0 fully saturated rings. The summed E-state index contributed by atoms with van der Waals surface area (Å²) in [5, 5.41) is 0. The zero-order valence-electron chi connectivity index (χ0n) is 9.27. The average Bonchev–Trinajstić information content (AvgIpc) is 2.29. The molecular formula is C12H11BrIN3. The third-order valence-corrected chi connectivity index (χ3v) is 3.57. The molecule has 1 aromatic heterocycles. The molecule has 0 saturated heterocycles. The zero-order chi connectivity index (χ0) is 12.3. The molecule has 1 aromatic carbocycles. The number of nitrogens with zero attached hydrogens (tertiary/aromatic N) is 3. The highest BCUT2D eigenvalue weighted by Crippen LogP contribution is 2.20. The molecular weight excluding hydrogens is 393 g/mol. The van der Waals surface area contributed by atoms with Crippen LogP contribution in [0.25, 0.3) is 0 Å². The van der Waals surface area contributed by atoms with E-state index in [1.807, 2.05) is 25.4 Å². The van der Waals surface area contributed by atoms with Crippen LogP contribution in [0.15, 0.2) is 41.3 Å². The van der Waals surface area contributed by atoms with Gasteiger partial charge in [-0.1, -0.05) is 28.1 Å². The molecule has 0 aliphatic rings. The molecule has 0 bridgehead atoms. The SMILES string of the molecule is CN(Cc1cccc(Br)c1)c1ncncc1I. The maximum atomic E-state index is 4.29. The Morgan fingerprint density at radius 2 is 2.24 bits per heavy atom. The first-order valence-electron chi connectivity index (χ1n) is 5.08. The lowest BCUT2D eigenvalue weighted by molar-refractivity contribution is 0.885. The fourth-order valence-electron chi connectivity index (χ4n) is 1.57. The highest BCUT2D eigenvalue weighted by Gasteiger charge is 2.07. The Bertz CT molecular complexity index is 519. The van der Waals surface area contributed by atoms with E-state index < -0.39 is 0 Å². The van der Waals surface area contributed by atoms with E-state index in [2.05, 4.69) is 65.5 Å². The molecule has 5 heteroatoms. The molecule has 2 rings (SSSR count). The first-order chi connectivity index (χ1) is 8.16. The summed E-state index contributed by atoms with van der Waals surface area (Å²) in [6, 6.07) is 8.29. The van der Waals surface area contributed by atoms with E-state index >= 15 is 0 Å². The number of anilines is 1. The minimum Gasteiger partial charge on any atom is -0.354 e. The average molecular weight is 404 g/mol. The molecule has 0 amide bonds. The fraction of sp³-hybridized carbons (Fsp3) is 0.167. The smallest absolute Gasteiger partial charge is 0.145 e. The standard InChI is InChI=1S/C12H11BrIN3/c1-17(12-11(14)6-15-8-16-12)7-9-3-2-4-10(13)5-9/h2-6,8H,7H2,1H3. The van der Waals surface area contributed by atoms with Crippen LogP contribution in [-0.2, 0) is 6.54 Å². The van der Waals surface area contributed by atoms with Gasteiger partial charge >= 0.3 is 0 Å². The maximum Gasteiger partial charge on any atom is 0.145 e. The van der Waals surface area contributed by atoms with Crippen LogP contribution < -0.4 is 4.90 Å². The van der Waals surface area contributed by atoms with Crippen LogP contribution in [0.2, 0.25) is 0 Å². The molecule has 0 N–H and O–H groups in total. The number of rotatable bonds is 3. The predicted molar refractivity (Wildman–Crippen MR) is 81.0 cm³/mol. The second-order valence-corrected chi connectivity index (χ2v) is 5.76. The van der Waals surface area contributed by atoms with E-state index in [0.717, 1.165) is 20.4 Å². The minimum atomic E-state index is 0.826. The van der Waals surface area contributed by atoms with Crippen molar-refractivity contribution in [3.05, 3.63) is 50.4 Å². The molecule has 3 nitrogen and oxygen atoms in total. The van der Waals surface area contributed by atoms with Gasteiger partial charge in [0.15, 0.2) is 0 Å². The summed E-state index contributed by atoms with van der Waals surface area (Å²) >= 11 is 5.73. The summed E-state index contributed by atoms with van der Waals surface area (Å²) < 4.78 is 2.16. The van der Waals surface area contributed by atoms with Gasteiger partial charge in [0.25, 0.3) is 0 Å². The van der Waals surface area contributed by atoms with Gasteiger partial charge in [0.2, 0.25) is 0 Å². The Hall–Kier alpha value is -0.690. The molecule has 0 unspecified atom stereocenters. The van der Waals surface area contributed by atoms with Crippen molar-refractivity contribution in [2.45, 2.75) is 6.54 Å². The van der Waals surface area contributed by atoms with Gasteiger partial charge in [0, 0.05) is 24.3 Å². The molecule has 0 spiro atoms. The van der Waals surface area contributed by atoms with Crippen LogP contribution in [0.5, 0.6) is 0 Å². The van der Waals surface area contributed by atoms with Crippen molar-refractivity contribution in [2.24, 2.45) is 0 Å². The Morgan fingerprint density at radius 3 is 2.94 bits per heavy atom. The van der Waals surface area contributed by atoms with E-state index in [0.29, 0.717) is 0 Å². The molecule has 0 atom stereocenters. The normalized spacial score (nSPS) is 10.3. The highest BCUT2D eigenvalue weighted by molar-refractivity contribution is 14.1. The van der Waals surface area contributed by atoms with Crippen LogP contribution in [0.4, 0.5) is 5.82 Å². The van der Waals surface area contributed by atoms with Gasteiger partial charge in [-0.05, 0) is 40.3 Å². The minimum absolute atomic E-state index is 0.826. The van der Waals surface area contributed by atoms with Gasteiger partial charge in [-0.25, -0.2) is 9.97 Å². The topological polar surface area (TPSA) is 29.0 Å². The molecule has 2 aromatic rings. The quantitative estimate of drug-likeness (QED) is 0.734. The lowest BCUT2D eigenvalue weighted by Crippen LogP contribution is -2.18. The summed E-state index contributed by atoms with van der Waals surface area (Å²) in [5.74, 6) is 0.959. The Morgan fingerprint density at radius 1 is 1.41 bits per heavy atom. The summed E-state index contributed by atoms with van der Waals surface area (Å²) in [6.07, 6.45) is 3.40. The first kappa shape index (κ1) is 12.8. The third kappa shape index (κ3) is 3.38. The molecule has 17 heavy (non-hydrogen) atoms. The van der Waals surface area contributed by atoms with Crippen molar-refractivity contribution in [3.63, 3.8) is 0 Å². The number of aromatic nitrogens is 2. The summed E-state index contributed by atoms with van der Waals surface area (Å²) in [4.78, 5) is 10.4. The molecule has 0 radical (unpaired) electrons. The van der Waals surface area contributed by atoms with Crippen molar-refractivity contribution in [1.82, 2.24) is 9.97 Å². The van der Waals surface area contributed by atoms with Gasteiger partial charge < -0.3 is 4.90 Å². The highest BCUT2D eigenvalue weighted by atomic mass is 127. The summed E-state index contributed by atoms with van der Waals surface area (Å²) in [6.45, 7) is 0.826. The zero-order valence-corrected chi connectivity index (χ0v) is 13.0. The Balaban J connectivity index is 2.17. The molecule has 0 aliphatic heterocycles. The second-order valence-electron chi connectivity index (χ2n) is 3.68. The van der Waals surface area contributed by atoms with Gasteiger partial charge in [-0.15, -0.1) is 0 Å². The molecule has 0 saturated carbocycles. The van der Waals surface area contributed by atoms with Gasteiger partial charge in [-0.2, -0.15) is 0 Å². The predicted octanol–water partition coefficient (Wildman–Crippen LogP) is 3.48. The van der Waals surface area contributed by atoms with Gasteiger partial charge in [0.1, 0.15) is 12.1 Å².